The third-order valence-electron chi connectivity index (χ3n) is 8.75. The molecule has 0 aromatic heterocycles. The highest BCUT2D eigenvalue weighted by atomic mass is 31.2. The molecule has 0 heterocycles. The van der Waals surface area contributed by atoms with Crippen molar-refractivity contribution in [1.82, 2.24) is 0 Å². The van der Waals surface area contributed by atoms with Crippen LogP contribution in [0.3, 0.4) is 0 Å². The minimum absolute atomic E-state index is 0.0911. The fourth-order valence-electron chi connectivity index (χ4n) is 5.45. The number of ether oxygens (including phenoxy) is 2. The van der Waals surface area contributed by atoms with Gasteiger partial charge in [0.05, 0.1) is 19.8 Å². The molecule has 11 heteroatoms. The number of rotatable bonds is 39. The maximum atomic E-state index is 12.6. The van der Waals surface area contributed by atoms with Crippen LogP contribution in [-0.2, 0) is 32.7 Å². The van der Waals surface area contributed by atoms with E-state index in [1.807, 2.05) is 18.2 Å². The van der Waals surface area contributed by atoms with Gasteiger partial charge in [-0.2, -0.15) is 0 Å². The van der Waals surface area contributed by atoms with Crippen LogP contribution in [0.4, 0.5) is 0 Å². The van der Waals surface area contributed by atoms with Gasteiger partial charge in [0.15, 0.2) is 6.10 Å². The van der Waals surface area contributed by atoms with Crippen LogP contribution >= 0.6 is 7.82 Å². The average molecular weight is 797 g/mol. The largest absolute Gasteiger partial charge is 0.472 e. The maximum absolute atomic E-state index is 12.6. The summed E-state index contributed by atoms with van der Waals surface area (Å²) in [6.45, 7) is 2.18. The van der Waals surface area contributed by atoms with E-state index in [9.17, 15) is 24.2 Å². The summed E-state index contributed by atoms with van der Waals surface area (Å²) in [5, 5.41) is 18.3. The number of unbranched alkanes of at least 4 members (excludes halogenated alkanes) is 18. The molecule has 318 valence electrons. The lowest BCUT2D eigenvalue weighted by Gasteiger charge is -2.20. The molecule has 0 rings (SSSR count). The van der Waals surface area contributed by atoms with Crippen LogP contribution < -0.4 is 0 Å². The van der Waals surface area contributed by atoms with Gasteiger partial charge < -0.3 is 24.6 Å². The second kappa shape index (κ2) is 39.9. The monoisotopic (exact) mass is 797 g/mol. The topological polar surface area (TPSA) is 149 Å². The van der Waals surface area contributed by atoms with Gasteiger partial charge in [0.2, 0.25) is 0 Å². The minimum atomic E-state index is -4.65. The van der Waals surface area contributed by atoms with Crippen molar-refractivity contribution < 1.29 is 47.8 Å². The summed E-state index contributed by atoms with van der Waals surface area (Å²) in [7, 11) is -4.65. The van der Waals surface area contributed by atoms with Crippen molar-refractivity contribution in [1.29, 1.82) is 0 Å². The molecule has 0 spiro atoms. The molecule has 3 atom stereocenters. The van der Waals surface area contributed by atoms with Crippen molar-refractivity contribution in [3.63, 3.8) is 0 Å². The number of esters is 2. The molecular formula is C44H77O10P. The van der Waals surface area contributed by atoms with E-state index in [4.69, 9.17) is 19.1 Å². The predicted octanol–water partition coefficient (Wildman–Crippen LogP) is 11.1. The Bertz CT molecular complexity index is 1100. The molecule has 0 aliphatic heterocycles. The van der Waals surface area contributed by atoms with Crippen molar-refractivity contribution in [3.8, 4) is 0 Å². The van der Waals surface area contributed by atoms with Gasteiger partial charge in [-0.1, -0.05) is 165 Å². The Morgan fingerprint density at radius 3 is 1.62 bits per heavy atom. The summed E-state index contributed by atoms with van der Waals surface area (Å²) in [6, 6.07) is 0. The van der Waals surface area contributed by atoms with Crippen molar-refractivity contribution >= 4 is 19.8 Å². The Labute approximate surface area is 334 Å². The highest BCUT2D eigenvalue weighted by Crippen LogP contribution is 2.43. The first kappa shape index (κ1) is 52.7. The quantitative estimate of drug-likeness (QED) is 0.0137. The van der Waals surface area contributed by atoms with E-state index in [0.717, 1.165) is 32.1 Å². The van der Waals surface area contributed by atoms with Gasteiger partial charge in [0, 0.05) is 12.5 Å². The normalized spacial score (nSPS) is 14.5. The first-order valence-corrected chi connectivity index (χ1v) is 22.8. The molecule has 0 fully saturated rings. The van der Waals surface area contributed by atoms with E-state index in [2.05, 4.69) is 42.7 Å². The number of phosphoric ester groups is 1. The molecule has 0 aromatic rings. The van der Waals surface area contributed by atoms with Crippen molar-refractivity contribution in [2.75, 3.05) is 26.4 Å². The molecule has 0 saturated carbocycles. The second-order valence-corrected chi connectivity index (χ2v) is 15.5. The van der Waals surface area contributed by atoms with Gasteiger partial charge in [-0.15, -0.1) is 0 Å². The van der Waals surface area contributed by atoms with E-state index in [1.165, 1.54) is 109 Å². The van der Waals surface area contributed by atoms with Crippen LogP contribution in [0.2, 0.25) is 0 Å². The number of aliphatic hydroxyl groups is 2. The summed E-state index contributed by atoms with van der Waals surface area (Å²) in [5.74, 6) is -1.24. The summed E-state index contributed by atoms with van der Waals surface area (Å²) in [6.07, 6.45) is 44.0. The molecular weight excluding hydrogens is 719 g/mol. The number of aliphatic hydroxyl groups excluding tert-OH is 2. The highest BCUT2D eigenvalue weighted by molar-refractivity contribution is 7.47. The third-order valence-corrected chi connectivity index (χ3v) is 9.70. The predicted molar refractivity (Wildman–Crippen MR) is 224 cm³/mol. The zero-order valence-electron chi connectivity index (χ0n) is 34.4. The molecule has 55 heavy (non-hydrogen) atoms. The second-order valence-electron chi connectivity index (χ2n) is 14.1. The number of hydrogen-bond acceptors (Lipinski definition) is 9. The number of carbonyl (C=O) groups is 2. The van der Waals surface area contributed by atoms with E-state index in [1.54, 1.807) is 12.2 Å². The van der Waals surface area contributed by atoms with E-state index in [0.29, 0.717) is 12.8 Å². The van der Waals surface area contributed by atoms with Gasteiger partial charge in [-0.25, -0.2) is 9.36 Å². The van der Waals surface area contributed by atoms with Crippen LogP contribution in [0.1, 0.15) is 168 Å². The van der Waals surface area contributed by atoms with Gasteiger partial charge in [-0.05, 0) is 51.4 Å². The Hall–Kier alpha value is -2.33. The highest BCUT2D eigenvalue weighted by Gasteiger charge is 2.27. The lowest BCUT2D eigenvalue weighted by atomic mass is 10.1. The Morgan fingerprint density at radius 2 is 1.07 bits per heavy atom. The Morgan fingerprint density at radius 1 is 0.600 bits per heavy atom. The Kier molecular flexibility index (Phi) is 38.2. The molecule has 0 aliphatic carbocycles. The van der Waals surface area contributed by atoms with Crippen LogP contribution in [0.25, 0.3) is 0 Å². The maximum Gasteiger partial charge on any atom is 0.472 e. The first-order valence-electron chi connectivity index (χ1n) is 21.3. The summed E-state index contributed by atoms with van der Waals surface area (Å²) < 4.78 is 32.4. The van der Waals surface area contributed by atoms with E-state index >= 15 is 0 Å². The lowest BCUT2D eigenvalue weighted by Crippen LogP contribution is -2.29. The summed E-state index contributed by atoms with van der Waals surface area (Å²) in [4.78, 5) is 34.8. The summed E-state index contributed by atoms with van der Waals surface area (Å²) in [5.41, 5.74) is 0. The smallest absolute Gasteiger partial charge is 0.458 e. The van der Waals surface area contributed by atoms with Gasteiger partial charge in [0.25, 0.3) is 0 Å². The zero-order valence-corrected chi connectivity index (χ0v) is 35.3. The third kappa shape index (κ3) is 39.7. The molecule has 3 N–H and O–H groups in total. The van der Waals surface area contributed by atoms with Gasteiger partial charge in [-0.3, -0.25) is 13.8 Å². The van der Waals surface area contributed by atoms with Gasteiger partial charge in [0.1, 0.15) is 12.7 Å². The molecule has 0 aromatic carbocycles. The SMILES string of the molecule is CCCCCCCC/C=C/C/C=C/C/C=C/CCCC(=O)O[C@H](COC(=O)/C=C/C=C/CCCCCCCCCCCCC)COP(=O)(O)OC[C@@H](O)CO. The van der Waals surface area contributed by atoms with Crippen LogP contribution in [-0.4, -0.2) is 65.7 Å². The fraction of sp³-hybridized carbons (Fsp3) is 0.727. The van der Waals surface area contributed by atoms with Crippen LogP contribution in [0, 0.1) is 0 Å². The molecule has 0 aliphatic rings. The fourth-order valence-corrected chi connectivity index (χ4v) is 6.24. The zero-order chi connectivity index (χ0) is 40.5. The van der Waals surface area contributed by atoms with Crippen LogP contribution in [0.15, 0.2) is 60.8 Å². The van der Waals surface area contributed by atoms with E-state index < -0.39 is 58.4 Å². The molecule has 0 saturated heterocycles. The number of hydrogen-bond donors (Lipinski definition) is 3. The van der Waals surface area contributed by atoms with Gasteiger partial charge >= 0.3 is 19.8 Å². The number of carbonyl (C=O) groups excluding carboxylic acids is 2. The molecule has 0 amide bonds. The van der Waals surface area contributed by atoms with Crippen LogP contribution in [0.5, 0.6) is 0 Å². The molecule has 0 radical (unpaired) electrons. The minimum Gasteiger partial charge on any atom is -0.458 e. The molecule has 0 bridgehead atoms. The average Bonchev–Trinajstić information content (AvgIpc) is 3.17. The summed E-state index contributed by atoms with van der Waals surface area (Å²) >= 11 is 0. The lowest BCUT2D eigenvalue weighted by molar-refractivity contribution is -0.159. The first-order chi connectivity index (χ1) is 26.7. The molecule has 1 unspecified atom stereocenters. The Balaban J connectivity index is 4.51. The van der Waals surface area contributed by atoms with Crippen molar-refractivity contribution in [2.24, 2.45) is 0 Å². The standard InChI is InChI=1S/C44H77O10P/c1-3-5-7-9-11-13-15-17-19-20-22-24-26-28-30-32-34-36-44(48)54-42(40-53-55(49,50)52-38-41(46)37-45)39-51-43(47)35-33-31-29-27-25-23-21-18-16-14-12-10-8-6-4-2/h17,19,22,24,28-31,33,35,41-42,45-46H,3-16,18,20-21,23,25-27,32,34,36-40H2,1-2H3,(H,49,50)/b19-17+,24-22+,30-28+,31-29+,35-33+/t41-,42+/m0/s1. The molecule has 10 nitrogen and oxygen atoms in total. The van der Waals surface area contributed by atoms with Crippen molar-refractivity contribution in [2.45, 2.75) is 180 Å². The number of phosphoric acid groups is 1. The van der Waals surface area contributed by atoms with Crippen molar-refractivity contribution in [3.05, 3.63) is 60.8 Å². The van der Waals surface area contributed by atoms with E-state index in [-0.39, 0.29) is 6.42 Å². The number of allylic oxidation sites excluding steroid dienone is 9.